The highest BCUT2D eigenvalue weighted by Gasteiger charge is 2.19. The van der Waals surface area contributed by atoms with E-state index in [1.165, 1.54) is 12.1 Å². The van der Waals surface area contributed by atoms with Crippen LogP contribution >= 0.6 is 0 Å². The summed E-state index contributed by atoms with van der Waals surface area (Å²) < 4.78 is 13.0. The Hall–Kier alpha value is -0.930. The maximum Gasteiger partial charge on any atom is 0.123 e. The van der Waals surface area contributed by atoms with Crippen molar-refractivity contribution in [1.29, 1.82) is 0 Å². The Bertz CT molecular complexity index is 340. The molecule has 0 aliphatic carbocycles. The molecule has 1 aliphatic heterocycles. The molecule has 2 nitrogen and oxygen atoms in total. The molecule has 1 aromatic rings. The molecular weight excluding hydrogens is 181 g/mol. The molecule has 0 saturated carbocycles. The number of hydrogen-bond donors (Lipinski definition) is 2. The van der Waals surface area contributed by atoms with Crippen LogP contribution < -0.4 is 5.32 Å². The Kier molecular flexibility index (Phi) is 2.52. The van der Waals surface area contributed by atoms with Gasteiger partial charge in [-0.2, -0.15) is 0 Å². The van der Waals surface area contributed by atoms with Crippen LogP contribution in [0.1, 0.15) is 24.2 Å². The molecule has 2 N–H and O–H groups in total. The van der Waals surface area contributed by atoms with Crippen LogP contribution in [0.4, 0.5) is 4.39 Å². The lowest BCUT2D eigenvalue weighted by Crippen LogP contribution is -2.28. The molecular formula is C11H14FNO. The third-order valence-electron chi connectivity index (χ3n) is 2.65. The highest BCUT2D eigenvalue weighted by Crippen LogP contribution is 2.23. The highest BCUT2D eigenvalue weighted by molar-refractivity contribution is 5.31. The van der Waals surface area contributed by atoms with Crippen LogP contribution in [-0.4, -0.2) is 17.7 Å². The first-order chi connectivity index (χ1) is 6.66. The molecule has 0 amide bonds. The van der Waals surface area contributed by atoms with E-state index in [9.17, 15) is 9.50 Å². The van der Waals surface area contributed by atoms with Gasteiger partial charge in [-0.25, -0.2) is 4.39 Å². The lowest BCUT2D eigenvalue weighted by atomic mass is 9.99. The summed E-state index contributed by atoms with van der Waals surface area (Å²) in [6, 6.07) is 4.97. The molecule has 2 rings (SSSR count). The molecule has 1 aliphatic rings. The Morgan fingerprint density at radius 2 is 2.29 bits per heavy atom. The van der Waals surface area contributed by atoms with Gasteiger partial charge in [0.05, 0.1) is 6.10 Å². The molecule has 0 radical (unpaired) electrons. The van der Waals surface area contributed by atoms with Crippen molar-refractivity contribution in [3.63, 3.8) is 0 Å². The minimum absolute atomic E-state index is 0.280. The molecule has 14 heavy (non-hydrogen) atoms. The summed E-state index contributed by atoms with van der Waals surface area (Å²) in [6.07, 6.45) is 0.248. The van der Waals surface area contributed by atoms with Crippen molar-refractivity contribution in [2.75, 3.05) is 6.54 Å². The van der Waals surface area contributed by atoms with Gasteiger partial charge in [0.25, 0.3) is 0 Å². The fraction of sp³-hybridized carbons (Fsp3) is 0.455. The molecule has 76 valence electrons. The number of rotatable bonds is 0. The summed E-state index contributed by atoms with van der Waals surface area (Å²) in [5.41, 5.74) is 1.76. The molecule has 1 heterocycles. The monoisotopic (exact) mass is 195 g/mol. The number of aliphatic hydroxyl groups is 1. The quantitative estimate of drug-likeness (QED) is 0.655. The van der Waals surface area contributed by atoms with Gasteiger partial charge in [0.1, 0.15) is 5.82 Å². The number of benzene rings is 1. The van der Waals surface area contributed by atoms with E-state index in [2.05, 4.69) is 12.2 Å². The summed E-state index contributed by atoms with van der Waals surface area (Å²) >= 11 is 0. The van der Waals surface area contributed by atoms with E-state index in [0.29, 0.717) is 12.6 Å². The predicted molar refractivity (Wildman–Crippen MR) is 52.5 cm³/mol. The lowest BCUT2D eigenvalue weighted by molar-refractivity contribution is 0.174. The van der Waals surface area contributed by atoms with Crippen molar-refractivity contribution in [2.45, 2.75) is 25.5 Å². The van der Waals surface area contributed by atoms with Crippen LogP contribution in [0.3, 0.4) is 0 Å². The summed E-state index contributed by atoms with van der Waals surface area (Å²) in [5, 5.41) is 12.9. The van der Waals surface area contributed by atoms with Gasteiger partial charge < -0.3 is 10.4 Å². The summed E-state index contributed by atoms with van der Waals surface area (Å²) in [4.78, 5) is 0. The zero-order valence-corrected chi connectivity index (χ0v) is 8.13. The molecule has 0 bridgehead atoms. The van der Waals surface area contributed by atoms with Crippen molar-refractivity contribution >= 4 is 0 Å². The highest BCUT2D eigenvalue weighted by atomic mass is 19.1. The molecule has 2 atom stereocenters. The number of aliphatic hydroxyl groups excluding tert-OH is 1. The normalized spacial score (nSPS) is 26.8. The third-order valence-corrected chi connectivity index (χ3v) is 2.65. The van der Waals surface area contributed by atoms with Crippen molar-refractivity contribution < 1.29 is 9.50 Å². The third kappa shape index (κ3) is 1.79. The van der Waals surface area contributed by atoms with Crippen LogP contribution in [0.2, 0.25) is 0 Å². The van der Waals surface area contributed by atoms with Crippen LogP contribution in [0.15, 0.2) is 18.2 Å². The summed E-state index contributed by atoms with van der Waals surface area (Å²) in [7, 11) is 0. The van der Waals surface area contributed by atoms with Gasteiger partial charge in [0.2, 0.25) is 0 Å². The Morgan fingerprint density at radius 1 is 1.50 bits per heavy atom. The van der Waals surface area contributed by atoms with Crippen LogP contribution in [0.25, 0.3) is 0 Å². The molecule has 0 saturated heterocycles. The Labute approximate surface area is 82.8 Å². The minimum Gasteiger partial charge on any atom is -0.387 e. The van der Waals surface area contributed by atoms with Crippen LogP contribution in [0, 0.1) is 5.82 Å². The topological polar surface area (TPSA) is 32.3 Å². The zero-order valence-electron chi connectivity index (χ0n) is 8.13. The van der Waals surface area contributed by atoms with Crippen molar-refractivity contribution in [3.8, 4) is 0 Å². The fourth-order valence-corrected chi connectivity index (χ4v) is 1.89. The molecule has 0 aromatic heterocycles. The molecule has 3 heteroatoms. The van der Waals surface area contributed by atoms with Gasteiger partial charge in [-0.3, -0.25) is 0 Å². The Balaban J connectivity index is 2.42. The second-order valence-corrected chi connectivity index (χ2v) is 3.87. The first-order valence-corrected chi connectivity index (χ1v) is 4.86. The van der Waals surface area contributed by atoms with Crippen molar-refractivity contribution in [2.24, 2.45) is 0 Å². The first-order valence-electron chi connectivity index (χ1n) is 4.86. The maximum absolute atomic E-state index is 13.0. The SMILES string of the molecule is CC1Cc2ccc(F)cc2C(O)CN1. The van der Waals surface area contributed by atoms with Gasteiger partial charge in [-0.05, 0) is 36.6 Å². The number of fused-ring (bicyclic) bond motifs is 1. The molecule has 0 spiro atoms. The van der Waals surface area contributed by atoms with E-state index in [4.69, 9.17) is 0 Å². The van der Waals surface area contributed by atoms with Crippen molar-refractivity contribution in [1.82, 2.24) is 5.32 Å². The summed E-state index contributed by atoms with van der Waals surface area (Å²) in [6.45, 7) is 2.56. The molecule has 1 aromatic carbocycles. The largest absolute Gasteiger partial charge is 0.387 e. The van der Waals surface area contributed by atoms with E-state index in [-0.39, 0.29) is 5.82 Å². The van der Waals surface area contributed by atoms with Gasteiger partial charge in [0, 0.05) is 12.6 Å². The van der Waals surface area contributed by atoms with Gasteiger partial charge in [-0.1, -0.05) is 6.07 Å². The predicted octanol–water partition coefficient (Wildman–Crippen LogP) is 1.39. The van der Waals surface area contributed by atoms with E-state index in [1.54, 1.807) is 6.07 Å². The van der Waals surface area contributed by atoms with Crippen LogP contribution in [-0.2, 0) is 6.42 Å². The van der Waals surface area contributed by atoms with E-state index < -0.39 is 6.10 Å². The standard InChI is InChI=1S/C11H14FNO/c1-7-4-8-2-3-9(12)5-10(8)11(14)6-13-7/h2-3,5,7,11,13-14H,4,6H2,1H3. The fourth-order valence-electron chi connectivity index (χ4n) is 1.89. The van der Waals surface area contributed by atoms with Gasteiger partial charge >= 0.3 is 0 Å². The number of halogens is 1. The smallest absolute Gasteiger partial charge is 0.123 e. The summed E-state index contributed by atoms with van der Waals surface area (Å²) in [5.74, 6) is -0.280. The average molecular weight is 195 g/mol. The van der Waals surface area contributed by atoms with E-state index >= 15 is 0 Å². The molecule has 0 fully saturated rings. The van der Waals surface area contributed by atoms with Crippen molar-refractivity contribution in [3.05, 3.63) is 35.1 Å². The number of nitrogens with one attached hydrogen (secondary N) is 1. The number of β-amino-alcohol motifs (C(OH)–C–C–N with tert-alkyl or cyclic N) is 1. The second kappa shape index (κ2) is 3.67. The van der Waals surface area contributed by atoms with E-state index in [0.717, 1.165) is 17.5 Å². The Morgan fingerprint density at radius 3 is 3.07 bits per heavy atom. The van der Waals surface area contributed by atoms with Gasteiger partial charge in [-0.15, -0.1) is 0 Å². The van der Waals surface area contributed by atoms with Crippen LogP contribution in [0.5, 0.6) is 0 Å². The molecule has 2 unspecified atom stereocenters. The zero-order chi connectivity index (χ0) is 10.1. The minimum atomic E-state index is -0.592. The average Bonchev–Trinajstić information content (AvgIpc) is 2.29. The van der Waals surface area contributed by atoms with Gasteiger partial charge in [0.15, 0.2) is 0 Å². The van der Waals surface area contributed by atoms with E-state index in [1.807, 2.05) is 0 Å². The number of hydrogen-bond acceptors (Lipinski definition) is 2. The first kappa shape index (κ1) is 9.62. The lowest BCUT2D eigenvalue weighted by Gasteiger charge is -2.10. The maximum atomic E-state index is 13.0. The second-order valence-electron chi connectivity index (χ2n) is 3.87.